The van der Waals surface area contributed by atoms with Gasteiger partial charge in [0.15, 0.2) is 0 Å². The van der Waals surface area contributed by atoms with Crippen molar-refractivity contribution < 1.29 is 13.2 Å². The van der Waals surface area contributed by atoms with E-state index in [-0.39, 0.29) is 11.5 Å². The summed E-state index contributed by atoms with van der Waals surface area (Å²) in [7, 11) is 1.16. The lowest BCUT2D eigenvalue weighted by molar-refractivity contribution is 0.267. The molecule has 1 aliphatic carbocycles. The molecule has 1 aromatic heterocycles. The van der Waals surface area contributed by atoms with Gasteiger partial charge in [0.05, 0.1) is 25.0 Å². The average Bonchev–Trinajstić information content (AvgIpc) is 2.97. The van der Waals surface area contributed by atoms with Gasteiger partial charge in [0.2, 0.25) is 0 Å². The van der Waals surface area contributed by atoms with E-state index in [0.717, 1.165) is 35.5 Å². The van der Waals surface area contributed by atoms with Gasteiger partial charge in [-0.3, -0.25) is 0 Å². The van der Waals surface area contributed by atoms with E-state index in [2.05, 4.69) is 23.7 Å². The van der Waals surface area contributed by atoms with Crippen molar-refractivity contribution in [3.63, 3.8) is 0 Å². The molecule has 0 unspecified atom stereocenters. The summed E-state index contributed by atoms with van der Waals surface area (Å²) in [5, 5.41) is 4.54. The summed E-state index contributed by atoms with van der Waals surface area (Å²) in [6.07, 6.45) is 3.33. The topological polar surface area (TPSA) is 76.5 Å². The number of hydrogen-bond donors (Lipinski definition) is 1. The normalized spacial score (nSPS) is 19.4. The van der Waals surface area contributed by atoms with E-state index in [4.69, 9.17) is 4.74 Å². The molecular weight excluding hydrogens is 352 g/mol. The third-order valence-corrected chi connectivity index (χ3v) is 6.31. The van der Waals surface area contributed by atoms with Gasteiger partial charge in [-0.25, -0.2) is 4.68 Å². The summed E-state index contributed by atoms with van der Waals surface area (Å²) in [6, 6.07) is 7.39. The smallest absolute Gasteiger partial charge is 0.279 e. The molecule has 1 atom stereocenters. The SMILES string of the molecule is COc1ccc(-n2ncc3c2CC(C)(C)C[C@@H]3NS(=O)(=O)N(C)C)cc1. The van der Waals surface area contributed by atoms with Crippen LogP contribution in [0.25, 0.3) is 5.69 Å². The lowest BCUT2D eigenvalue weighted by atomic mass is 9.74. The number of methoxy groups -OCH3 is 1. The number of benzene rings is 1. The maximum absolute atomic E-state index is 12.3. The molecule has 3 rings (SSSR count). The van der Waals surface area contributed by atoms with Crippen LogP contribution >= 0.6 is 0 Å². The largest absolute Gasteiger partial charge is 0.497 e. The number of fused-ring (bicyclic) bond motifs is 1. The zero-order valence-electron chi connectivity index (χ0n) is 15.9. The first kappa shape index (κ1) is 18.9. The van der Waals surface area contributed by atoms with Crippen LogP contribution in [0.1, 0.15) is 37.6 Å². The van der Waals surface area contributed by atoms with Crippen LogP contribution < -0.4 is 9.46 Å². The van der Waals surface area contributed by atoms with E-state index < -0.39 is 10.2 Å². The van der Waals surface area contributed by atoms with E-state index in [1.54, 1.807) is 13.3 Å². The van der Waals surface area contributed by atoms with Crippen molar-refractivity contribution in [3.05, 3.63) is 41.7 Å². The Kier molecular flexibility index (Phi) is 4.85. The molecular formula is C18H26N4O3S. The van der Waals surface area contributed by atoms with Crippen LogP contribution in [0, 0.1) is 5.41 Å². The second kappa shape index (κ2) is 6.68. The summed E-state index contributed by atoms with van der Waals surface area (Å²) in [5.74, 6) is 0.784. The van der Waals surface area contributed by atoms with Gasteiger partial charge >= 0.3 is 0 Å². The van der Waals surface area contributed by atoms with Crippen molar-refractivity contribution in [3.8, 4) is 11.4 Å². The van der Waals surface area contributed by atoms with Crippen LogP contribution in [0.5, 0.6) is 5.75 Å². The highest BCUT2D eigenvalue weighted by Gasteiger charge is 2.37. The zero-order valence-corrected chi connectivity index (χ0v) is 16.7. The Morgan fingerprint density at radius 1 is 1.27 bits per heavy atom. The Labute approximate surface area is 155 Å². The minimum absolute atomic E-state index is 0.0449. The molecule has 0 saturated heterocycles. The van der Waals surface area contributed by atoms with Gasteiger partial charge < -0.3 is 4.74 Å². The fourth-order valence-electron chi connectivity index (χ4n) is 3.38. The third kappa shape index (κ3) is 3.62. The zero-order chi connectivity index (χ0) is 19.1. The van der Waals surface area contributed by atoms with E-state index in [9.17, 15) is 8.42 Å². The monoisotopic (exact) mass is 378 g/mol. The Bertz CT molecular complexity index is 886. The molecule has 1 aromatic carbocycles. The van der Waals surface area contributed by atoms with Crippen LogP contribution in [-0.2, 0) is 16.6 Å². The average molecular weight is 378 g/mol. The van der Waals surface area contributed by atoms with Gasteiger partial charge in [0.1, 0.15) is 5.75 Å². The van der Waals surface area contributed by atoms with Gasteiger partial charge in [0.25, 0.3) is 10.2 Å². The summed E-state index contributed by atoms with van der Waals surface area (Å²) < 4.78 is 35.8. The summed E-state index contributed by atoms with van der Waals surface area (Å²) in [6.45, 7) is 4.30. The van der Waals surface area contributed by atoms with Crippen LogP contribution in [0.15, 0.2) is 30.5 Å². The van der Waals surface area contributed by atoms with Crippen LogP contribution in [0.4, 0.5) is 0 Å². The molecule has 8 heteroatoms. The van der Waals surface area contributed by atoms with Crippen molar-refractivity contribution in [1.82, 2.24) is 18.8 Å². The highest BCUT2D eigenvalue weighted by atomic mass is 32.2. The van der Waals surface area contributed by atoms with Gasteiger partial charge in [-0.05, 0) is 42.5 Å². The summed E-state index contributed by atoms with van der Waals surface area (Å²) in [5.41, 5.74) is 2.86. The fraction of sp³-hybridized carbons (Fsp3) is 0.500. The molecule has 0 fully saturated rings. The van der Waals surface area contributed by atoms with E-state index in [0.29, 0.717) is 0 Å². The molecule has 2 aromatic rings. The van der Waals surface area contributed by atoms with Crippen LogP contribution in [0.3, 0.4) is 0 Å². The highest BCUT2D eigenvalue weighted by molar-refractivity contribution is 7.87. The standard InChI is InChI=1S/C18H26N4O3S/c1-18(2)10-16(20-26(23,24)21(3)4)15-12-19-22(17(15)11-18)13-6-8-14(25-5)9-7-13/h6-9,12,16,20H,10-11H2,1-5H3/t16-/m0/s1. The quantitative estimate of drug-likeness (QED) is 0.866. The Hall–Kier alpha value is -1.90. The predicted octanol–water partition coefficient (Wildman–Crippen LogP) is 2.29. The second-order valence-corrected chi connectivity index (χ2v) is 9.58. The molecule has 1 aliphatic rings. The molecule has 0 bridgehead atoms. The molecule has 1 N–H and O–H groups in total. The molecule has 0 radical (unpaired) electrons. The Balaban J connectivity index is 2.01. The highest BCUT2D eigenvalue weighted by Crippen LogP contribution is 2.41. The molecule has 7 nitrogen and oxygen atoms in total. The van der Waals surface area contributed by atoms with Gasteiger partial charge in [-0.2, -0.15) is 22.5 Å². The van der Waals surface area contributed by atoms with Crippen molar-refractivity contribution in [2.45, 2.75) is 32.7 Å². The molecule has 142 valence electrons. The van der Waals surface area contributed by atoms with Gasteiger partial charge in [-0.15, -0.1) is 0 Å². The van der Waals surface area contributed by atoms with Crippen molar-refractivity contribution >= 4 is 10.2 Å². The number of rotatable bonds is 5. The van der Waals surface area contributed by atoms with Crippen molar-refractivity contribution in [2.75, 3.05) is 21.2 Å². The molecule has 0 amide bonds. The maximum atomic E-state index is 12.3. The number of nitrogens with zero attached hydrogens (tertiary/aromatic N) is 3. The predicted molar refractivity (Wildman–Crippen MR) is 101 cm³/mol. The molecule has 26 heavy (non-hydrogen) atoms. The van der Waals surface area contributed by atoms with Crippen molar-refractivity contribution in [2.24, 2.45) is 5.41 Å². The second-order valence-electron chi connectivity index (χ2n) is 7.66. The van der Waals surface area contributed by atoms with E-state index >= 15 is 0 Å². The van der Waals surface area contributed by atoms with Gasteiger partial charge in [0, 0.05) is 25.4 Å². The minimum Gasteiger partial charge on any atom is -0.497 e. The van der Waals surface area contributed by atoms with Gasteiger partial charge in [-0.1, -0.05) is 13.8 Å². The van der Waals surface area contributed by atoms with Crippen molar-refractivity contribution in [1.29, 1.82) is 0 Å². The number of aromatic nitrogens is 2. The molecule has 1 heterocycles. The van der Waals surface area contributed by atoms with E-state index in [1.807, 2.05) is 28.9 Å². The van der Waals surface area contributed by atoms with Crippen LogP contribution in [0.2, 0.25) is 0 Å². The first-order valence-corrected chi connectivity index (χ1v) is 9.98. The molecule has 0 aliphatic heterocycles. The number of ether oxygens (including phenoxy) is 1. The third-order valence-electron chi connectivity index (χ3n) is 4.77. The fourth-order valence-corrected chi connectivity index (χ4v) is 4.16. The van der Waals surface area contributed by atoms with Crippen LogP contribution in [-0.4, -0.2) is 43.7 Å². The maximum Gasteiger partial charge on any atom is 0.279 e. The lowest BCUT2D eigenvalue weighted by Gasteiger charge is -2.36. The Morgan fingerprint density at radius 2 is 1.92 bits per heavy atom. The molecule has 0 spiro atoms. The number of nitrogens with one attached hydrogen (secondary N) is 1. The summed E-state index contributed by atoms with van der Waals surface area (Å²) in [4.78, 5) is 0. The first-order chi connectivity index (χ1) is 12.1. The lowest BCUT2D eigenvalue weighted by Crippen LogP contribution is -2.41. The first-order valence-electron chi connectivity index (χ1n) is 8.54. The minimum atomic E-state index is -3.53. The number of hydrogen-bond acceptors (Lipinski definition) is 4. The van der Waals surface area contributed by atoms with E-state index in [1.165, 1.54) is 18.4 Å². The summed E-state index contributed by atoms with van der Waals surface area (Å²) >= 11 is 0. The Morgan fingerprint density at radius 3 is 2.50 bits per heavy atom. The molecule has 0 saturated carbocycles.